The second-order valence-electron chi connectivity index (χ2n) is 4.74. The number of hydrogen-bond donors (Lipinski definition) is 1. The standard InChI is InChI=1S/C14H18F3NO2/c1-18(9-5-4-8-13(19)20)10-11-6-2-3-7-12(11)14(15,16)17/h2-3,6-7H,4-5,8-10H2,1H3,(H,19,20). The van der Waals surface area contributed by atoms with Crippen LogP contribution in [0.15, 0.2) is 24.3 Å². The maximum absolute atomic E-state index is 12.8. The Morgan fingerprint density at radius 3 is 2.50 bits per heavy atom. The Bertz CT molecular complexity index is 446. The number of unbranched alkanes of at least 4 members (excludes halogenated alkanes) is 1. The number of aliphatic carboxylic acids is 1. The second-order valence-corrected chi connectivity index (χ2v) is 4.74. The number of alkyl halides is 3. The molecule has 0 radical (unpaired) electrons. The van der Waals surface area contributed by atoms with Gasteiger partial charge < -0.3 is 10.0 Å². The molecular weight excluding hydrogens is 271 g/mol. The summed E-state index contributed by atoms with van der Waals surface area (Å²) in [4.78, 5) is 12.1. The zero-order chi connectivity index (χ0) is 15.2. The van der Waals surface area contributed by atoms with E-state index in [0.717, 1.165) is 6.07 Å². The predicted molar refractivity (Wildman–Crippen MR) is 69.3 cm³/mol. The van der Waals surface area contributed by atoms with Crippen molar-refractivity contribution >= 4 is 5.97 Å². The lowest BCUT2D eigenvalue weighted by Crippen LogP contribution is -2.21. The van der Waals surface area contributed by atoms with Crippen LogP contribution in [0, 0.1) is 0 Å². The molecule has 0 heterocycles. The smallest absolute Gasteiger partial charge is 0.416 e. The van der Waals surface area contributed by atoms with Gasteiger partial charge in [-0.05, 0) is 38.1 Å². The van der Waals surface area contributed by atoms with Crippen LogP contribution >= 0.6 is 0 Å². The van der Waals surface area contributed by atoms with Gasteiger partial charge in [0.2, 0.25) is 0 Å². The van der Waals surface area contributed by atoms with E-state index in [0.29, 0.717) is 19.4 Å². The van der Waals surface area contributed by atoms with Crippen molar-refractivity contribution in [2.75, 3.05) is 13.6 Å². The van der Waals surface area contributed by atoms with Gasteiger partial charge in [-0.3, -0.25) is 4.79 Å². The van der Waals surface area contributed by atoms with E-state index in [9.17, 15) is 18.0 Å². The second kappa shape index (κ2) is 7.28. The first-order chi connectivity index (χ1) is 9.30. The molecule has 3 nitrogen and oxygen atoms in total. The Morgan fingerprint density at radius 2 is 1.90 bits per heavy atom. The largest absolute Gasteiger partial charge is 0.481 e. The highest BCUT2D eigenvalue weighted by molar-refractivity contribution is 5.66. The molecule has 1 aromatic carbocycles. The van der Waals surface area contributed by atoms with E-state index >= 15 is 0 Å². The highest BCUT2D eigenvalue weighted by Crippen LogP contribution is 2.32. The summed E-state index contributed by atoms with van der Waals surface area (Å²) in [5.41, 5.74) is -0.377. The van der Waals surface area contributed by atoms with Crippen LogP contribution in [0.1, 0.15) is 30.4 Å². The first-order valence-electron chi connectivity index (χ1n) is 6.36. The zero-order valence-electron chi connectivity index (χ0n) is 11.3. The van der Waals surface area contributed by atoms with E-state index in [1.807, 2.05) is 0 Å². The molecule has 0 atom stereocenters. The minimum Gasteiger partial charge on any atom is -0.481 e. The van der Waals surface area contributed by atoms with Crippen LogP contribution in [0.25, 0.3) is 0 Å². The van der Waals surface area contributed by atoms with Crippen LogP contribution in [-0.4, -0.2) is 29.6 Å². The van der Waals surface area contributed by atoms with Gasteiger partial charge in [-0.2, -0.15) is 13.2 Å². The number of benzene rings is 1. The molecule has 0 bridgehead atoms. The molecule has 0 fully saturated rings. The summed E-state index contributed by atoms with van der Waals surface area (Å²) < 4.78 is 38.4. The van der Waals surface area contributed by atoms with Crippen molar-refractivity contribution in [1.29, 1.82) is 0 Å². The van der Waals surface area contributed by atoms with Crippen molar-refractivity contribution < 1.29 is 23.1 Å². The summed E-state index contributed by atoms with van der Waals surface area (Å²) in [5, 5.41) is 8.50. The predicted octanol–water partition coefficient (Wildman–Crippen LogP) is 3.39. The maximum atomic E-state index is 12.8. The minimum atomic E-state index is -4.35. The van der Waals surface area contributed by atoms with Crippen molar-refractivity contribution in [3.63, 3.8) is 0 Å². The summed E-state index contributed by atoms with van der Waals surface area (Å²) in [6.45, 7) is 0.766. The molecule has 0 aliphatic heterocycles. The van der Waals surface area contributed by atoms with E-state index in [1.165, 1.54) is 12.1 Å². The lowest BCUT2D eigenvalue weighted by molar-refractivity contribution is -0.139. The number of carbonyl (C=O) groups is 1. The number of carboxylic acid groups (broad SMARTS) is 1. The Hall–Kier alpha value is -1.56. The molecule has 0 aliphatic rings. The van der Waals surface area contributed by atoms with E-state index in [2.05, 4.69) is 0 Å². The zero-order valence-corrected chi connectivity index (χ0v) is 11.3. The molecule has 6 heteroatoms. The van der Waals surface area contributed by atoms with Crippen LogP contribution in [0.2, 0.25) is 0 Å². The quantitative estimate of drug-likeness (QED) is 0.782. The van der Waals surface area contributed by atoms with Crippen LogP contribution < -0.4 is 0 Å². The Kier molecular flexibility index (Phi) is 6.01. The lowest BCUT2D eigenvalue weighted by atomic mass is 10.1. The number of rotatable bonds is 7. The van der Waals surface area contributed by atoms with E-state index in [-0.39, 0.29) is 18.5 Å². The highest BCUT2D eigenvalue weighted by Gasteiger charge is 2.32. The van der Waals surface area contributed by atoms with Gasteiger partial charge in [0.1, 0.15) is 0 Å². The van der Waals surface area contributed by atoms with E-state index in [1.54, 1.807) is 18.0 Å². The molecule has 0 aliphatic carbocycles. The van der Waals surface area contributed by atoms with Gasteiger partial charge in [-0.15, -0.1) is 0 Å². The Balaban J connectivity index is 2.54. The molecule has 0 unspecified atom stereocenters. The van der Waals surface area contributed by atoms with Crippen LogP contribution in [-0.2, 0) is 17.5 Å². The summed E-state index contributed by atoms with van der Waals surface area (Å²) in [7, 11) is 1.73. The number of halogens is 3. The van der Waals surface area contributed by atoms with Crippen molar-refractivity contribution in [3.8, 4) is 0 Å². The first-order valence-corrected chi connectivity index (χ1v) is 6.36. The fraction of sp³-hybridized carbons (Fsp3) is 0.500. The molecule has 0 saturated carbocycles. The molecule has 0 amide bonds. The fourth-order valence-corrected chi connectivity index (χ4v) is 1.96. The first kappa shape index (κ1) is 16.5. The molecule has 1 rings (SSSR count). The van der Waals surface area contributed by atoms with Crippen LogP contribution in [0.4, 0.5) is 13.2 Å². The van der Waals surface area contributed by atoms with Gasteiger partial charge in [0.15, 0.2) is 0 Å². The maximum Gasteiger partial charge on any atom is 0.416 e. The molecule has 1 aromatic rings. The van der Waals surface area contributed by atoms with Crippen molar-refractivity contribution in [1.82, 2.24) is 4.90 Å². The minimum absolute atomic E-state index is 0.0903. The van der Waals surface area contributed by atoms with Gasteiger partial charge in [-0.25, -0.2) is 0 Å². The average molecular weight is 289 g/mol. The van der Waals surface area contributed by atoms with Gasteiger partial charge >= 0.3 is 12.1 Å². The molecule has 0 aromatic heterocycles. The molecule has 0 spiro atoms. The summed E-state index contributed by atoms with van der Waals surface area (Å²) in [5.74, 6) is -0.852. The third kappa shape index (κ3) is 5.61. The van der Waals surface area contributed by atoms with Crippen LogP contribution in [0.5, 0.6) is 0 Å². The van der Waals surface area contributed by atoms with E-state index < -0.39 is 17.7 Å². The lowest BCUT2D eigenvalue weighted by Gasteiger charge is -2.19. The average Bonchev–Trinajstić information content (AvgIpc) is 2.34. The topological polar surface area (TPSA) is 40.5 Å². The van der Waals surface area contributed by atoms with E-state index in [4.69, 9.17) is 5.11 Å². The van der Waals surface area contributed by atoms with Crippen molar-refractivity contribution in [3.05, 3.63) is 35.4 Å². The van der Waals surface area contributed by atoms with Gasteiger partial charge in [-0.1, -0.05) is 18.2 Å². The molecule has 20 heavy (non-hydrogen) atoms. The molecule has 1 N–H and O–H groups in total. The third-order valence-corrected chi connectivity index (χ3v) is 2.94. The molecule has 0 saturated heterocycles. The highest BCUT2D eigenvalue weighted by atomic mass is 19.4. The Morgan fingerprint density at radius 1 is 1.25 bits per heavy atom. The summed E-state index contributed by atoms with van der Waals surface area (Å²) >= 11 is 0. The van der Waals surface area contributed by atoms with Crippen molar-refractivity contribution in [2.24, 2.45) is 0 Å². The third-order valence-electron chi connectivity index (χ3n) is 2.94. The normalized spacial score (nSPS) is 11.8. The van der Waals surface area contributed by atoms with Gasteiger partial charge in [0.25, 0.3) is 0 Å². The summed E-state index contributed by atoms with van der Waals surface area (Å²) in [6, 6.07) is 5.51. The Labute approximate surface area is 116 Å². The fourth-order valence-electron chi connectivity index (χ4n) is 1.96. The van der Waals surface area contributed by atoms with Gasteiger partial charge in [0, 0.05) is 13.0 Å². The number of hydrogen-bond acceptors (Lipinski definition) is 2. The monoisotopic (exact) mass is 289 g/mol. The molecular formula is C14H18F3NO2. The SMILES string of the molecule is CN(CCCCC(=O)O)Cc1ccccc1C(F)(F)F. The summed E-state index contributed by atoms with van der Waals surface area (Å²) in [6.07, 6.45) is -3.08. The van der Waals surface area contributed by atoms with Crippen molar-refractivity contribution in [2.45, 2.75) is 32.0 Å². The van der Waals surface area contributed by atoms with Crippen LogP contribution in [0.3, 0.4) is 0 Å². The van der Waals surface area contributed by atoms with Gasteiger partial charge in [0.05, 0.1) is 5.56 Å². The number of carboxylic acids is 1. The number of nitrogens with zero attached hydrogens (tertiary/aromatic N) is 1. The molecule has 112 valence electrons.